The number of fused-ring (bicyclic) bond motifs is 1. The third kappa shape index (κ3) is 4.79. The first kappa shape index (κ1) is 17.9. The molecular weight excluding hydrogens is 330 g/mol. The first-order valence-electron chi connectivity index (χ1n) is 8.70. The SMILES string of the molecule is Cc1ccc2c(c1)[C@@H](NC(=O)CCSc1ccccc1)CC(C)(C)O2. The highest BCUT2D eigenvalue weighted by molar-refractivity contribution is 7.99. The van der Waals surface area contributed by atoms with E-state index in [-0.39, 0.29) is 17.6 Å². The molecular formula is C21H25NO2S. The molecule has 0 aliphatic carbocycles. The van der Waals surface area contributed by atoms with E-state index in [2.05, 4.69) is 50.4 Å². The van der Waals surface area contributed by atoms with Crippen molar-refractivity contribution in [3.63, 3.8) is 0 Å². The van der Waals surface area contributed by atoms with E-state index in [0.29, 0.717) is 6.42 Å². The average Bonchev–Trinajstić information content (AvgIpc) is 2.56. The minimum atomic E-state index is -0.279. The van der Waals surface area contributed by atoms with Crippen molar-refractivity contribution in [3.05, 3.63) is 59.7 Å². The number of nitrogens with one attached hydrogen (secondary N) is 1. The van der Waals surface area contributed by atoms with Crippen molar-refractivity contribution >= 4 is 17.7 Å². The van der Waals surface area contributed by atoms with Crippen molar-refractivity contribution < 1.29 is 9.53 Å². The van der Waals surface area contributed by atoms with Crippen LogP contribution in [0.3, 0.4) is 0 Å². The topological polar surface area (TPSA) is 38.3 Å². The third-order valence-electron chi connectivity index (χ3n) is 4.30. The maximum absolute atomic E-state index is 12.4. The van der Waals surface area contributed by atoms with Gasteiger partial charge in [0.1, 0.15) is 11.4 Å². The Kier molecular flexibility index (Phi) is 5.38. The Labute approximate surface area is 154 Å². The number of amides is 1. The molecule has 0 aromatic heterocycles. The summed E-state index contributed by atoms with van der Waals surface area (Å²) in [6.45, 7) is 6.20. The van der Waals surface area contributed by atoms with Gasteiger partial charge in [-0.05, 0) is 39.0 Å². The van der Waals surface area contributed by atoms with Gasteiger partial charge in [-0.2, -0.15) is 0 Å². The standard InChI is InChI=1S/C21H25NO2S/c1-15-9-10-19-17(13-15)18(14-21(2,3)24-19)22-20(23)11-12-25-16-7-5-4-6-8-16/h4-10,13,18H,11-12,14H2,1-3H3,(H,22,23)/t18-/m0/s1. The third-order valence-corrected chi connectivity index (χ3v) is 5.31. The van der Waals surface area contributed by atoms with Crippen LogP contribution in [0.25, 0.3) is 0 Å². The number of benzene rings is 2. The molecule has 132 valence electrons. The van der Waals surface area contributed by atoms with Crippen LogP contribution < -0.4 is 10.1 Å². The van der Waals surface area contributed by atoms with Gasteiger partial charge in [-0.3, -0.25) is 4.79 Å². The zero-order valence-corrected chi connectivity index (χ0v) is 15.9. The number of aryl methyl sites for hydroxylation is 1. The van der Waals surface area contributed by atoms with Crippen LogP contribution in [0.15, 0.2) is 53.4 Å². The summed E-state index contributed by atoms with van der Waals surface area (Å²) in [5.74, 6) is 1.76. The second-order valence-corrected chi connectivity index (χ2v) is 8.31. The maximum Gasteiger partial charge on any atom is 0.221 e. The Morgan fingerprint density at radius 3 is 2.76 bits per heavy atom. The Bertz CT molecular complexity index is 743. The lowest BCUT2D eigenvalue weighted by atomic mass is 9.89. The molecule has 1 atom stereocenters. The monoisotopic (exact) mass is 355 g/mol. The maximum atomic E-state index is 12.4. The Morgan fingerprint density at radius 2 is 2.00 bits per heavy atom. The number of hydrogen-bond donors (Lipinski definition) is 1. The van der Waals surface area contributed by atoms with E-state index in [4.69, 9.17) is 4.74 Å². The highest BCUT2D eigenvalue weighted by Crippen LogP contribution is 2.39. The summed E-state index contributed by atoms with van der Waals surface area (Å²) in [6, 6.07) is 16.4. The molecule has 0 radical (unpaired) electrons. The van der Waals surface area contributed by atoms with Gasteiger partial charge in [-0.1, -0.05) is 35.9 Å². The molecule has 3 nitrogen and oxygen atoms in total. The van der Waals surface area contributed by atoms with Gasteiger partial charge in [-0.15, -0.1) is 11.8 Å². The molecule has 0 spiro atoms. The van der Waals surface area contributed by atoms with Crippen molar-refractivity contribution in [1.82, 2.24) is 5.32 Å². The molecule has 2 aromatic rings. The normalized spacial score (nSPS) is 18.1. The molecule has 3 rings (SSSR count). The van der Waals surface area contributed by atoms with Crippen molar-refractivity contribution in [2.24, 2.45) is 0 Å². The van der Waals surface area contributed by atoms with Gasteiger partial charge in [0, 0.05) is 29.1 Å². The van der Waals surface area contributed by atoms with Crippen LogP contribution in [-0.4, -0.2) is 17.3 Å². The minimum absolute atomic E-state index is 0.00729. The van der Waals surface area contributed by atoms with E-state index in [1.54, 1.807) is 11.8 Å². The van der Waals surface area contributed by atoms with Gasteiger partial charge in [0.25, 0.3) is 0 Å². The average molecular weight is 356 g/mol. The van der Waals surface area contributed by atoms with Gasteiger partial charge in [0.15, 0.2) is 0 Å². The zero-order valence-electron chi connectivity index (χ0n) is 15.0. The lowest BCUT2D eigenvalue weighted by Crippen LogP contribution is -2.41. The summed E-state index contributed by atoms with van der Waals surface area (Å²) in [4.78, 5) is 13.6. The number of carbonyl (C=O) groups excluding carboxylic acids is 1. The number of hydrogen-bond acceptors (Lipinski definition) is 3. The first-order chi connectivity index (χ1) is 11.9. The molecule has 1 N–H and O–H groups in total. The molecule has 1 heterocycles. The highest BCUT2D eigenvalue weighted by atomic mass is 32.2. The van der Waals surface area contributed by atoms with Crippen LogP contribution in [0.1, 0.15) is 43.9 Å². The number of thioether (sulfide) groups is 1. The highest BCUT2D eigenvalue weighted by Gasteiger charge is 2.34. The fourth-order valence-corrected chi connectivity index (χ4v) is 4.02. The van der Waals surface area contributed by atoms with Crippen molar-refractivity contribution in [3.8, 4) is 5.75 Å². The summed E-state index contributed by atoms with van der Waals surface area (Å²) in [5, 5.41) is 3.21. The fourth-order valence-electron chi connectivity index (χ4n) is 3.15. The first-order valence-corrected chi connectivity index (χ1v) is 9.68. The van der Waals surface area contributed by atoms with E-state index in [1.807, 2.05) is 24.3 Å². The fraction of sp³-hybridized carbons (Fsp3) is 0.381. The van der Waals surface area contributed by atoms with Gasteiger partial charge < -0.3 is 10.1 Å². The summed E-state index contributed by atoms with van der Waals surface area (Å²) in [5.41, 5.74) is 1.99. The molecule has 0 fully saturated rings. The van der Waals surface area contributed by atoms with Crippen molar-refractivity contribution in [1.29, 1.82) is 0 Å². The summed E-state index contributed by atoms with van der Waals surface area (Å²) < 4.78 is 6.07. The van der Waals surface area contributed by atoms with Gasteiger partial charge in [-0.25, -0.2) is 0 Å². The Hall–Kier alpha value is -1.94. The van der Waals surface area contributed by atoms with Crippen molar-refractivity contribution in [2.45, 2.75) is 50.2 Å². The number of carbonyl (C=O) groups is 1. The summed E-state index contributed by atoms with van der Waals surface area (Å²) >= 11 is 1.71. The van der Waals surface area contributed by atoms with Crippen LogP contribution in [0.2, 0.25) is 0 Å². The van der Waals surface area contributed by atoms with Crippen LogP contribution >= 0.6 is 11.8 Å². The second-order valence-electron chi connectivity index (χ2n) is 7.14. The van der Waals surface area contributed by atoms with E-state index in [1.165, 1.54) is 10.5 Å². The predicted octanol–water partition coefficient (Wildman–Crippen LogP) is 4.90. The van der Waals surface area contributed by atoms with Crippen LogP contribution in [0, 0.1) is 6.92 Å². The molecule has 0 saturated carbocycles. The van der Waals surface area contributed by atoms with Crippen LogP contribution in [0.5, 0.6) is 5.75 Å². The molecule has 4 heteroatoms. The Morgan fingerprint density at radius 1 is 1.24 bits per heavy atom. The van der Waals surface area contributed by atoms with Gasteiger partial charge in [0.2, 0.25) is 5.91 Å². The largest absolute Gasteiger partial charge is 0.487 e. The number of rotatable bonds is 5. The van der Waals surface area contributed by atoms with E-state index in [9.17, 15) is 4.79 Å². The van der Waals surface area contributed by atoms with Gasteiger partial charge >= 0.3 is 0 Å². The molecule has 2 aromatic carbocycles. The summed E-state index contributed by atoms with van der Waals surface area (Å²) in [7, 11) is 0. The molecule has 1 amide bonds. The van der Waals surface area contributed by atoms with Gasteiger partial charge in [0.05, 0.1) is 6.04 Å². The van der Waals surface area contributed by atoms with Crippen molar-refractivity contribution in [2.75, 3.05) is 5.75 Å². The molecule has 0 bridgehead atoms. The Balaban J connectivity index is 1.61. The zero-order chi connectivity index (χ0) is 17.9. The van der Waals surface area contributed by atoms with E-state index < -0.39 is 0 Å². The van der Waals surface area contributed by atoms with E-state index >= 15 is 0 Å². The quantitative estimate of drug-likeness (QED) is 0.776. The lowest BCUT2D eigenvalue weighted by Gasteiger charge is -2.38. The molecule has 1 aliphatic heterocycles. The number of ether oxygens (including phenoxy) is 1. The molecule has 1 aliphatic rings. The minimum Gasteiger partial charge on any atom is -0.487 e. The van der Waals surface area contributed by atoms with Crippen LogP contribution in [0.4, 0.5) is 0 Å². The summed E-state index contributed by atoms with van der Waals surface area (Å²) in [6.07, 6.45) is 1.29. The molecule has 0 unspecified atom stereocenters. The molecule has 25 heavy (non-hydrogen) atoms. The smallest absolute Gasteiger partial charge is 0.221 e. The van der Waals surface area contributed by atoms with E-state index in [0.717, 1.165) is 23.5 Å². The lowest BCUT2D eigenvalue weighted by molar-refractivity contribution is -0.121. The predicted molar refractivity (Wildman–Crippen MR) is 103 cm³/mol. The van der Waals surface area contributed by atoms with Crippen LogP contribution in [-0.2, 0) is 4.79 Å². The second kappa shape index (κ2) is 7.52. The molecule has 0 saturated heterocycles.